The summed E-state index contributed by atoms with van der Waals surface area (Å²) in [4.78, 5) is 8.54. The molecular weight excluding hydrogens is 256 g/mol. The second kappa shape index (κ2) is 5.09. The fourth-order valence-corrected chi connectivity index (χ4v) is 2.78. The van der Waals surface area contributed by atoms with Gasteiger partial charge in [0.2, 0.25) is 0 Å². The Kier molecular flexibility index (Phi) is 3.29. The van der Waals surface area contributed by atoms with Crippen molar-refractivity contribution in [2.24, 2.45) is 0 Å². The van der Waals surface area contributed by atoms with Gasteiger partial charge in [0.25, 0.3) is 0 Å². The van der Waals surface area contributed by atoms with Gasteiger partial charge in [-0.05, 0) is 23.8 Å². The summed E-state index contributed by atoms with van der Waals surface area (Å²) in [7, 11) is 0. The lowest BCUT2D eigenvalue weighted by Gasteiger charge is -2.30. The fraction of sp³-hybridized carbons (Fsp3) is 0.286. The van der Waals surface area contributed by atoms with Gasteiger partial charge in [0, 0.05) is 18.5 Å². The van der Waals surface area contributed by atoms with E-state index in [1.165, 1.54) is 22.9 Å². The van der Waals surface area contributed by atoms with Crippen LogP contribution in [0.3, 0.4) is 0 Å². The van der Waals surface area contributed by atoms with Crippen molar-refractivity contribution >= 4 is 23.4 Å². The molecule has 0 saturated carbocycles. The van der Waals surface area contributed by atoms with Crippen molar-refractivity contribution in [3.05, 3.63) is 41.5 Å². The topological polar surface area (TPSA) is 63.8 Å². The Bertz CT molecular complexity index is 600. The maximum absolute atomic E-state index is 5.76. The minimum atomic E-state index is 0.510. The van der Waals surface area contributed by atoms with E-state index in [-0.39, 0.29) is 0 Å². The smallest absolute Gasteiger partial charge is 0.191 e. The molecule has 0 spiro atoms. The van der Waals surface area contributed by atoms with Gasteiger partial charge in [-0.25, -0.2) is 9.97 Å². The third-order valence-corrected chi connectivity index (χ3v) is 3.95. The van der Waals surface area contributed by atoms with Gasteiger partial charge in [-0.15, -0.1) is 0 Å². The summed E-state index contributed by atoms with van der Waals surface area (Å²) in [6.45, 7) is 0.890. The van der Waals surface area contributed by atoms with E-state index in [9.17, 15) is 0 Å². The van der Waals surface area contributed by atoms with E-state index < -0.39 is 0 Å². The van der Waals surface area contributed by atoms with Gasteiger partial charge in [0.15, 0.2) is 5.16 Å². The first-order valence-electron chi connectivity index (χ1n) is 6.26. The average molecular weight is 272 g/mol. The molecule has 1 heterocycles. The second-order valence-electron chi connectivity index (χ2n) is 4.65. The number of nitrogen functional groups attached to an aromatic ring is 1. The van der Waals surface area contributed by atoms with Crippen LogP contribution in [0.15, 0.2) is 35.5 Å². The van der Waals surface area contributed by atoms with Crippen LogP contribution in [0.1, 0.15) is 17.0 Å². The first-order valence-corrected chi connectivity index (χ1v) is 7.49. The molecular formula is C14H16N4S. The maximum Gasteiger partial charge on any atom is 0.191 e. The quantitative estimate of drug-likeness (QED) is 0.661. The van der Waals surface area contributed by atoms with Crippen LogP contribution in [-0.4, -0.2) is 22.8 Å². The van der Waals surface area contributed by atoms with Crippen LogP contribution in [0, 0.1) is 0 Å². The van der Waals surface area contributed by atoms with Crippen molar-refractivity contribution in [1.82, 2.24) is 9.97 Å². The molecule has 1 atom stereocenters. The molecule has 98 valence electrons. The monoisotopic (exact) mass is 272 g/mol. The van der Waals surface area contributed by atoms with Gasteiger partial charge in [-0.1, -0.05) is 36.0 Å². The Morgan fingerprint density at radius 3 is 3.00 bits per heavy atom. The standard InChI is InChI=1S/C14H16N4S/c1-19-14-17-12(15)7-13(18-14)16-8-10-6-9-4-2-3-5-11(9)10/h2-5,7,10H,6,8H2,1H3,(H3,15,16,17,18). The Morgan fingerprint density at radius 2 is 2.21 bits per heavy atom. The highest BCUT2D eigenvalue weighted by molar-refractivity contribution is 7.98. The number of aromatic nitrogens is 2. The molecule has 1 aliphatic rings. The summed E-state index contributed by atoms with van der Waals surface area (Å²) in [6, 6.07) is 10.4. The zero-order chi connectivity index (χ0) is 13.2. The largest absolute Gasteiger partial charge is 0.383 e. The third-order valence-electron chi connectivity index (χ3n) is 3.40. The molecule has 5 heteroatoms. The minimum absolute atomic E-state index is 0.510. The van der Waals surface area contributed by atoms with Gasteiger partial charge >= 0.3 is 0 Å². The van der Waals surface area contributed by atoms with Crippen molar-refractivity contribution in [2.45, 2.75) is 17.5 Å². The molecule has 2 aromatic rings. The number of anilines is 2. The highest BCUT2D eigenvalue weighted by atomic mass is 32.2. The Morgan fingerprint density at radius 1 is 1.37 bits per heavy atom. The normalized spacial score (nSPS) is 16.6. The minimum Gasteiger partial charge on any atom is -0.383 e. The maximum atomic E-state index is 5.76. The summed E-state index contributed by atoms with van der Waals surface area (Å²) in [5.74, 6) is 1.89. The number of hydrogen-bond donors (Lipinski definition) is 2. The summed E-state index contributed by atoms with van der Waals surface area (Å²) in [5.41, 5.74) is 8.67. The van der Waals surface area contributed by atoms with Crippen LogP contribution >= 0.6 is 11.8 Å². The molecule has 1 aliphatic carbocycles. The summed E-state index contributed by atoms with van der Waals surface area (Å²) in [5, 5.41) is 4.06. The van der Waals surface area contributed by atoms with Crippen molar-refractivity contribution in [3.8, 4) is 0 Å². The van der Waals surface area contributed by atoms with Gasteiger partial charge in [0.05, 0.1) is 0 Å². The average Bonchev–Trinajstić information content (AvgIpc) is 2.39. The van der Waals surface area contributed by atoms with E-state index in [2.05, 4.69) is 39.6 Å². The molecule has 1 unspecified atom stereocenters. The first kappa shape index (κ1) is 12.3. The molecule has 0 saturated heterocycles. The van der Waals surface area contributed by atoms with Crippen molar-refractivity contribution in [3.63, 3.8) is 0 Å². The summed E-state index contributed by atoms with van der Waals surface area (Å²) >= 11 is 1.50. The van der Waals surface area contributed by atoms with Crippen LogP contribution in [0.4, 0.5) is 11.6 Å². The highest BCUT2D eigenvalue weighted by Crippen LogP contribution is 2.34. The number of nitrogens with one attached hydrogen (secondary N) is 1. The third kappa shape index (κ3) is 2.51. The van der Waals surface area contributed by atoms with Crippen LogP contribution in [-0.2, 0) is 6.42 Å². The molecule has 3 rings (SSSR count). The number of rotatable bonds is 4. The van der Waals surface area contributed by atoms with Crippen LogP contribution in [0.2, 0.25) is 0 Å². The van der Waals surface area contributed by atoms with E-state index in [0.29, 0.717) is 16.9 Å². The second-order valence-corrected chi connectivity index (χ2v) is 5.42. The molecule has 0 aliphatic heterocycles. The lowest BCUT2D eigenvalue weighted by Crippen LogP contribution is -2.24. The number of hydrogen-bond acceptors (Lipinski definition) is 5. The Hall–Kier alpha value is -1.75. The van der Waals surface area contributed by atoms with Gasteiger partial charge in [0.1, 0.15) is 11.6 Å². The predicted octanol–water partition coefficient (Wildman–Crippen LogP) is 2.53. The molecule has 1 aromatic carbocycles. The Balaban J connectivity index is 1.66. The zero-order valence-corrected chi connectivity index (χ0v) is 11.6. The van der Waals surface area contributed by atoms with E-state index >= 15 is 0 Å². The number of fused-ring (bicyclic) bond motifs is 1. The first-order chi connectivity index (χ1) is 9.26. The lowest BCUT2D eigenvalue weighted by molar-refractivity contribution is 0.634. The number of thioether (sulfide) groups is 1. The van der Waals surface area contributed by atoms with Gasteiger partial charge in [-0.3, -0.25) is 0 Å². The molecule has 19 heavy (non-hydrogen) atoms. The molecule has 0 radical (unpaired) electrons. The number of nitrogens with zero attached hydrogens (tertiary/aromatic N) is 2. The van der Waals surface area contributed by atoms with Crippen molar-refractivity contribution in [1.29, 1.82) is 0 Å². The Labute approximate surface area is 116 Å². The lowest BCUT2D eigenvalue weighted by atomic mass is 9.78. The fourth-order valence-electron chi connectivity index (χ4n) is 2.40. The highest BCUT2D eigenvalue weighted by Gasteiger charge is 2.24. The summed E-state index contributed by atoms with van der Waals surface area (Å²) < 4.78 is 0. The molecule has 1 aromatic heterocycles. The van der Waals surface area contributed by atoms with Crippen LogP contribution in [0.25, 0.3) is 0 Å². The number of nitrogens with two attached hydrogens (primary N) is 1. The molecule has 0 amide bonds. The van der Waals surface area contributed by atoms with Crippen LogP contribution in [0.5, 0.6) is 0 Å². The van der Waals surface area contributed by atoms with Crippen LogP contribution < -0.4 is 11.1 Å². The van der Waals surface area contributed by atoms with Gasteiger partial charge < -0.3 is 11.1 Å². The van der Waals surface area contributed by atoms with Crippen molar-refractivity contribution in [2.75, 3.05) is 23.9 Å². The molecule has 4 nitrogen and oxygen atoms in total. The molecule has 0 bridgehead atoms. The zero-order valence-electron chi connectivity index (χ0n) is 10.8. The van der Waals surface area contributed by atoms with E-state index in [0.717, 1.165) is 18.8 Å². The molecule has 0 fully saturated rings. The SMILES string of the molecule is CSc1nc(N)cc(NCC2Cc3ccccc32)n1. The van der Waals surface area contributed by atoms with E-state index in [1.807, 2.05) is 6.26 Å². The summed E-state index contributed by atoms with van der Waals surface area (Å²) in [6.07, 6.45) is 3.08. The van der Waals surface area contributed by atoms with E-state index in [4.69, 9.17) is 5.73 Å². The molecule has 3 N–H and O–H groups in total. The van der Waals surface area contributed by atoms with Gasteiger partial charge in [-0.2, -0.15) is 0 Å². The predicted molar refractivity (Wildman–Crippen MR) is 79.6 cm³/mol. The van der Waals surface area contributed by atoms with Crippen molar-refractivity contribution < 1.29 is 0 Å². The van der Waals surface area contributed by atoms with E-state index in [1.54, 1.807) is 6.07 Å². The number of benzene rings is 1.